The summed E-state index contributed by atoms with van der Waals surface area (Å²) in [7, 11) is 1.30. The molecule has 0 amide bonds. The minimum atomic E-state index is -4.96. The average Bonchev–Trinajstić information content (AvgIpc) is 2.54. The molecule has 2 aromatic carbocycles. The van der Waals surface area contributed by atoms with E-state index in [0.29, 0.717) is 10.6 Å². The van der Waals surface area contributed by atoms with Crippen LogP contribution in [0, 0.1) is 20.2 Å². The third kappa shape index (κ3) is 4.02. The van der Waals surface area contributed by atoms with Gasteiger partial charge in [0.1, 0.15) is 0 Å². The summed E-state index contributed by atoms with van der Waals surface area (Å²) in [6.45, 7) is -0.0767. The molecule has 7 nitrogen and oxygen atoms in total. The van der Waals surface area contributed by atoms with E-state index in [1.54, 1.807) is 24.3 Å². The van der Waals surface area contributed by atoms with E-state index in [-0.39, 0.29) is 18.7 Å². The predicted molar refractivity (Wildman–Crippen MR) is 88.3 cm³/mol. The van der Waals surface area contributed by atoms with E-state index in [0.717, 1.165) is 4.90 Å². The van der Waals surface area contributed by atoms with E-state index in [1.807, 2.05) is 0 Å². The van der Waals surface area contributed by atoms with Crippen LogP contribution in [0.4, 0.5) is 30.2 Å². The number of nitrogens with zero attached hydrogens (tertiary/aromatic N) is 3. The first-order valence-corrected chi connectivity index (χ1v) is 7.38. The van der Waals surface area contributed by atoms with Gasteiger partial charge in [-0.15, -0.1) is 0 Å². The third-order valence-corrected chi connectivity index (χ3v) is 3.91. The zero-order valence-corrected chi connectivity index (χ0v) is 13.9. The SMILES string of the molecule is CN(Cc1ccccc1Cl)c1c([N+](=O)[O-])cc(C(F)(F)F)cc1[N+](=O)[O-]. The Morgan fingerprint density at radius 3 is 2.00 bits per heavy atom. The molecule has 0 saturated heterocycles. The maximum Gasteiger partial charge on any atom is 0.416 e. The first kappa shape index (κ1) is 19.4. The molecule has 0 heterocycles. The number of hydrogen-bond acceptors (Lipinski definition) is 5. The molecule has 0 N–H and O–H groups in total. The van der Waals surface area contributed by atoms with Gasteiger partial charge in [-0.2, -0.15) is 13.2 Å². The van der Waals surface area contributed by atoms with Gasteiger partial charge in [-0.25, -0.2) is 0 Å². The van der Waals surface area contributed by atoms with Crippen LogP contribution in [0.15, 0.2) is 36.4 Å². The fourth-order valence-corrected chi connectivity index (χ4v) is 2.59. The first-order chi connectivity index (χ1) is 12.0. The van der Waals surface area contributed by atoms with Crippen molar-refractivity contribution in [3.8, 4) is 0 Å². The van der Waals surface area contributed by atoms with Crippen molar-refractivity contribution >= 4 is 28.7 Å². The van der Waals surface area contributed by atoms with Crippen molar-refractivity contribution in [3.05, 3.63) is 72.8 Å². The Kier molecular flexibility index (Phi) is 5.36. The maximum absolute atomic E-state index is 12.9. The minimum Gasteiger partial charge on any atom is -0.359 e. The van der Waals surface area contributed by atoms with Gasteiger partial charge in [0.05, 0.1) is 15.4 Å². The second-order valence-electron chi connectivity index (χ2n) is 5.32. The van der Waals surface area contributed by atoms with E-state index in [4.69, 9.17) is 11.6 Å². The Morgan fingerprint density at radius 1 is 1.08 bits per heavy atom. The lowest BCUT2D eigenvalue weighted by Crippen LogP contribution is -2.20. The van der Waals surface area contributed by atoms with Crippen molar-refractivity contribution < 1.29 is 23.0 Å². The largest absolute Gasteiger partial charge is 0.416 e. The fourth-order valence-electron chi connectivity index (χ4n) is 2.40. The first-order valence-electron chi connectivity index (χ1n) is 7.01. The van der Waals surface area contributed by atoms with Crippen LogP contribution in [0.5, 0.6) is 0 Å². The summed E-state index contributed by atoms with van der Waals surface area (Å²) in [5, 5.41) is 22.8. The molecule has 26 heavy (non-hydrogen) atoms. The van der Waals surface area contributed by atoms with Crippen LogP contribution in [0.1, 0.15) is 11.1 Å². The van der Waals surface area contributed by atoms with Crippen molar-refractivity contribution in [2.45, 2.75) is 12.7 Å². The molecular weight excluding hydrogens is 379 g/mol. The summed E-state index contributed by atoms with van der Waals surface area (Å²) in [5.41, 5.74) is -3.53. The van der Waals surface area contributed by atoms with Crippen LogP contribution < -0.4 is 4.90 Å². The predicted octanol–water partition coefficient (Wildman–Crippen LogP) is 4.81. The summed E-state index contributed by atoms with van der Waals surface area (Å²) in [5.74, 6) is 0. The Bertz CT molecular complexity index is 838. The molecule has 2 rings (SSSR count). The van der Waals surface area contributed by atoms with E-state index in [2.05, 4.69) is 0 Å². The second-order valence-corrected chi connectivity index (χ2v) is 5.73. The van der Waals surface area contributed by atoms with Crippen molar-refractivity contribution in [2.75, 3.05) is 11.9 Å². The molecule has 138 valence electrons. The van der Waals surface area contributed by atoms with Gasteiger partial charge < -0.3 is 4.90 Å². The fraction of sp³-hybridized carbons (Fsp3) is 0.200. The van der Waals surface area contributed by atoms with Gasteiger partial charge in [-0.05, 0) is 11.6 Å². The molecule has 0 spiro atoms. The Morgan fingerprint density at radius 2 is 1.58 bits per heavy atom. The highest BCUT2D eigenvalue weighted by molar-refractivity contribution is 6.31. The molecule has 11 heteroatoms. The van der Waals surface area contributed by atoms with Crippen LogP contribution in [0.3, 0.4) is 0 Å². The average molecular weight is 390 g/mol. The van der Waals surface area contributed by atoms with Crippen LogP contribution in [0.25, 0.3) is 0 Å². The summed E-state index contributed by atoms with van der Waals surface area (Å²) in [4.78, 5) is 21.5. The van der Waals surface area contributed by atoms with Crippen molar-refractivity contribution in [2.24, 2.45) is 0 Å². The number of hydrogen-bond donors (Lipinski definition) is 0. The lowest BCUT2D eigenvalue weighted by atomic mass is 10.1. The molecular formula is C15H11ClF3N3O4. The monoisotopic (exact) mass is 389 g/mol. The van der Waals surface area contributed by atoms with Crippen LogP contribution in [0.2, 0.25) is 5.02 Å². The van der Waals surface area contributed by atoms with Crippen molar-refractivity contribution in [3.63, 3.8) is 0 Å². The molecule has 2 aromatic rings. The normalized spacial score (nSPS) is 11.3. The van der Waals surface area contributed by atoms with Gasteiger partial charge in [-0.3, -0.25) is 20.2 Å². The van der Waals surface area contributed by atoms with E-state index in [9.17, 15) is 33.4 Å². The number of nitro groups is 2. The smallest absolute Gasteiger partial charge is 0.359 e. The second kappa shape index (κ2) is 7.16. The van der Waals surface area contributed by atoms with Gasteiger partial charge in [0.2, 0.25) is 0 Å². The molecule has 0 aliphatic rings. The molecule has 0 bridgehead atoms. The zero-order chi connectivity index (χ0) is 19.6. The number of benzene rings is 2. The molecule has 0 saturated carbocycles. The van der Waals surface area contributed by atoms with Crippen molar-refractivity contribution in [1.82, 2.24) is 0 Å². The zero-order valence-electron chi connectivity index (χ0n) is 13.2. The van der Waals surface area contributed by atoms with Crippen molar-refractivity contribution in [1.29, 1.82) is 0 Å². The molecule has 0 atom stereocenters. The van der Waals surface area contributed by atoms with E-state index >= 15 is 0 Å². The number of nitro benzene ring substituents is 2. The summed E-state index contributed by atoms with van der Waals surface area (Å²) in [6, 6.07) is 7.01. The molecule has 0 aliphatic heterocycles. The Labute approximate surface area is 149 Å². The molecule has 0 aromatic heterocycles. The molecule has 0 radical (unpaired) electrons. The van der Waals surface area contributed by atoms with Crippen LogP contribution in [-0.2, 0) is 12.7 Å². The highest BCUT2D eigenvalue weighted by Gasteiger charge is 2.38. The maximum atomic E-state index is 12.9. The van der Waals surface area contributed by atoms with E-state index < -0.39 is 38.6 Å². The quantitative estimate of drug-likeness (QED) is 0.540. The topological polar surface area (TPSA) is 89.5 Å². The van der Waals surface area contributed by atoms with Gasteiger partial charge >= 0.3 is 6.18 Å². The van der Waals surface area contributed by atoms with E-state index in [1.165, 1.54) is 7.05 Å². The molecule has 0 aliphatic carbocycles. The van der Waals surface area contributed by atoms with Crippen LogP contribution in [-0.4, -0.2) is 16.9 Å². The highest BCUT2D eigenvalue weighted by atomic mass is 35.5. The highest BCUT2D eigenvalue weighted by Crippen LogP contribution is 2.43. The van der Waals surface area contributed by atoms with Gasteiger partial charge in [-0.1, -0.05) is 29.8 Å². The summed E-state index contributed by atoms with van der Waals surface area (Å²) >= 11 is 6.00. The Hall–Kier alpha value is -2.88. The van der Waals surface area contributed by atoms with Crippen LogP contribution >= 0.6 is 11.6 Å². The lowest BCUT2D eigenvalue weighted by molar-refractivity contribution is -0.393. The molecule has 0 unspecified atom stereocenters. The summed E-state index contributed by atoms with van der Waals surface area (Å²) < 4.78 is 38.8. The van der Waals surface area contributed by atoms with Gasteiger partial charge in [0.25, 0.3) is 11.4 Å². The minimum absolute atomic E-state index is 0.0767. The lowest BCUT2D eigenvalue weighted by Gasteiger charge is -2.20. The number of halogens is 4. The molecule has 0 fully saturated rings. The summed E-state index contributed by atoms with van der Waals surface area (Å²) in [6.07, 6.45) is -4.96. The number of alkyl halides is 3. The van der Waals surface area contributed by atoms with Gasteiger partial charge in [0.15, 0.2) is 5.69 Å². The Balaban J connectivity index is 2.63. The number of rotatable bonds is 5. The van der Waals surface area contributed by atoms with Gasteiger partial charge in [0, 0.05) is 30.7 Å². The third-order valence-electron chi connectivity index (χ3n) is 3.54. The standard InChI is InChI=1S/C15H11ClF3N3O4/c1-20(8-9-4-2-3-5-11(9)16)14-12(21(23)24)6-10(15(17,18)19)7-13(14)22(25)26/h2-7H,8H2,1H3. The number of anilines is 1.